The normalized spacial score (nSPS) is 43.8. The van der Waals surface area contributed by atoms with Crippen LogP contribution >= 0.6 is 0 Å². The van der Waals surface area contributed by atoms with E-state index in [1.807, 2.05) is 0 Å². The molecule has 0 aromatic rings. The van der Waals surface area contributed by atoms with Crippen LogP contribution in [-0.2, 0) is 4.79 Å². The number of hydrogen-bond acceptors (Lipinski definition) is 2. The third-order valence-corrected chi connectivity index (χ3v) is 2.22. The van der Waals surface area contributed by atoms with Gasteiger partial charge in [0.25, 0.3) is 0 Å². The highest BCUT2D eigenvalue weighted by atomic mass is 16.1. The fraction of sp³-hybridized carbons (Fsp3) is 0.833. The molecule has 2 heteroatoms. The summed E-state index contributed by atoms with van der Waals surface area (Å²) in [5.41, 5.74) is 0. The van der Waals surface area contributed by atoms with Crippen molar-refractivity contribution in [3.8, 4) is 0 Å². The van der Waals surface area contributed by atoms with Crippen molar-refractivity contribution in [1.29, 1.82) is 0 Å². The SMILES string of the molecule is O=C1C[C@H]2CNC[C@@H]12. The molecule has 0 bridgehead atoms. The van der Waals surface area contributed by atoms with Gasteiger partial charge in [0.1, 0.15) is 5.78 Å². The van der Waals surface area contributed by atoms with E-state index < -0.39 is 0 Å². The van der Waals surface area contributed by atoms with E-state index in [9.17, 15) is 4.79 Å². The van der Waals surface area contributed by atoms with Gasteiger partial charge in [-0.1, -0.05) is 0 Å². The average Bonchev–Trinajstić information content (AvgIpc) is 2.09. The van der Waals surface area contributed by atoms with Crippen LogP contribution in [0.1, 0.15) is 6.42 Å². The molecule has 0 spiro atoms. The summed E-state index contributed by atoms with van der Waals surface area (Å²) in [7, 11) is 0. The molecule has 2 aliphatic rings. The number of ketones is 1. The van der Waals surface area contributed by atoms with E-state index in [1.54, 1.807) is 0 Å². The largest absolute Gasteiger partial charge is 0.316 e. The lowest BCUT2D eigenvalue weighted by atomic mass is 9.75. The molecule has 2 atom stereocenters. The third-order valence-electron chi connectivity index (χ3n) is 2.22. The van der Waals surface area contributed by atoms with E-state index in [-0.39, 0.29) is 0 Å². The van der Waals surface area contributed by atoms with Gasteiger partial charge in [-0.05, 0) is 12.5 Å². The van der Waals surface area contributed by atoms with Gasteiger partial charge in [0.2, 0.25) is 0 Å². The van der Waals surface area contributed by atoms with Gasteiger partial charge in [-0.3, -0.25) is 4.79 Å². The molecule has 1 aliphatic heterocycles. The number of hydrogen-bond donors (Lipinski definition) is 1. The topological polar surface area (TPSA) is 29.1 Å². The Morgan fingerprint density at radius 1 is 1.50 bits per heavy atom. The van der Waals surface area contributed by atoms with Crippen LogP contribution in [0, 0.1) is 11.8 Å². The van der Waals surface area contributed by atoms with Crippen molar-refractivity contribution in [3.05, 3.63) is 0 Å². The molecule has 2 nitrogen and oxygen atoms in total. The highest BCUT2D eigenvalue weighted by Gasteiger charge is 2.42. The van der Waals surface area contributed by atoms with Crippen LogP contribution in [0.2, 0.25) is 0 Å². The van der Waals surface area contributed by atoms with E-state index in [4.69, 9.17) is 0 Å². The van der Waals surface area contributed by atoms with E-state index in [2.05, 4.69) is 5.32 Å². The summed E-state index contributed by atoms with van der Waals surface area (Å²) in [6.45, 7) is 2.03. The Kier molecular flexibility index (Phi) is 0.742. The summed E-state index contributed by atoms with van der Waals surface area (Å²) < 4.78 is 0. The molecule has 44 valence electrons. The summed E-state index contributed by atoms with van der Waals surface area (Å²) in [6.07, 6.45) is 0.845. The zero-order valence-corrected chi connectivity index (χ0v) is 4.68. The highest BCUT2D eigenvalue weighted by Crippen LogP contribution is 2.32. The van der Waals surface area contributed by atoms with Crippen molar-refractivity contribution in [1.82, 2.24) is 5.32 Å². The zero-order valence-electron chi connectivity index (χ0n) is 4.68. The maximum absolute atomic E-state index is 10.7. The first-order valence-electron chi connectivity index (χ1n) is 3.11. The van der Waals surface area contributed by atoms with Gasteiger partial charge >= 0.3 is 0 Å². The Bertz CT molecular complexity index is 132. The summed E-state index contributed by atoms with van der Waals surface area (Å²) in [6, 6.07) is 0. The van der Waals surface area contributed by atoms with Gasteiger partial charge in [-0.15, -0.1) is 0 Å². The Morgan fingerprint density at radius 2 is 2.38 bits per heavy atom. The average molecular weight is 111 g/mol. The second kappa shape index (κ2) is 1.32. The fourth-order valence-corrected chi connectivity index (χ4v) is 1.57. The number of rotatable bonds is 0. The Morgan fingerprint density at radius 3 is 2.88 bits per heavy atom. The molecule has 1 saturated heterocycles. The van der Waals surface area contributed by atoms with E-state index in [1.165, 1.54) is 0 Å². The van der Waals surface area contributed by atoms with Crippen LogP contribution in [0.25, 0.3) is 0 Å². The molecule has 0 aromatic carbocycles. The number of Topliss-reactive ketones (excluding diaryl/α,β-unsaturated/α-hetero) is 1. The molecular formula is C6H9NO. The standard InChI is InChI=1S/C6H9NO/c8-6-1-4-2-7-3-5(4)6/h4-5,7H,1-3H2/t4-,5+/m0/s1. The van der Waals surface area contributed by atoms with Gasteiger partial charge in [0, 0.05) is 18.9 Å². The predicted molar refractivity (Wildman–Crippen MR) is 29.5 cm³/mol. The van der Waals surface area contributed by atoms with Crippen molar-refractivity contribution in [2.75, 3.05) is 13.1 Å². The minimum atomic E-state index is 0.412. The third kappa shape index (κ3) is 0.388. The minimum absolute atomic E-state index is 0.412. The van der Waals surface area contributed by atoms with Gasteiger partial charge < -0.3 is 5.32 Å². The first-order valence-corrected chi connectivity index (χ1v) is 3.11. The monoisotopic (exact) mass is 111 g/mol. The van der Waals surface area contributed by atoms with E-state index in [0.717, 1.165) is 19.5 Å². The Labute approximate surface area is 48.3 Å². The maximum atomic E-state index is 10.7. The first-order chi connectivity index (χ1) is 3.88. The summed E-state index contributed by atoms with van der Waals surface area (Å²) >= 11 is 0. The molecule has 0 aromatic heterocycles. The van der Waals surface area contributed by atoms with Gasteiger partial charge in [0.05, 0.1) is 0 Å². The lowest BCUT2D eigenvalue weighted by Gasteiger charge is -2.26. The Hall–Kier alpha value is -0.370. The molecule has 8 heavy (non-hydrogen) atoms. The van der Waals surface area contributed by atoms with Crippen molar-refractivity contribution in [2.45, 2.75) is 6.42 Å². The molecule has 2 fully saturated rings. The molecule has 0 unspecified atom stereocenters. The summed E-state index contributed by atoms with van der Waals surface area (Å²) in [5, 5.41) is 3.19. The lowest BCUT2D eigenvalue weighted by Crippen LogP contribution is -2.35. The second-order valence-corrected chi connectivity index (χ2v) is 2.70. The molecular weight excluding hydrogens is 102 g/mol. The van der Waals surface area contributed by atoms with Crippen LogP contribution < -0.4 is 5.32 Å². The maximum Gasteiger partial charge on any atom is 0.137 e. The Balaban J connectivity index is 2.11. The summed E-state index contributed by atoms with van der Waals surface area (Å²) in [4.78, 5) is 10.7. The van der Waals surface area contributed by atoms with Gasteiger partial charge in [-0.2, -0.15) is 0 Å². The van der Waals surface area contributed by atoms with Crippen LogP contribution in [0.3, 0.4) is 0 Å². The second-order valence-electron chi connectivity index (χ2n) is 2.70. The predicted octanol–water partition coefficient (Wildman–Crippen LogP) is -0.205. The van der Waals surface area contributed by atoms with Crippen LogP contribution in [0.4, 0.5) is 0 Å². The molecule has 1 saturated carbocycles. The highest BCUT2D eigenvalue weighted by molar-refractivity contribution is 5.88. The van der Waals surface area contributed by atoms with Crippen molar-refractivity contribution in [2.24, 2.45) is 11.8 Å². The number of carbonyl (C=O) groups is 1. The van der Waals surface area contributed by atoms with Gasteiger partial charge in [0.15, 0.2) is 0 Å². The van der Waals surface area contributed by atoms with Crippen LogP contribution in [-0.4, -0.2) is 18.9 Å². The number of fused-ring (bicyclic) bond motifs is 1. The quantitative estimate of drug-likeness (QED) is 0.469. The van der Waals surface area contributed by atoms with E-state index in [0.29, 0.717) is 17.6 Å². The fourth-order valence-electron chi connectivity index (χ4n) is 1.57. The van der Waals surface area contributed by atoms with Crippen LogP contribution in [0.5, 0.6) is 0 Å². The van der Waals surface area contributed by atoms with Gasteiger partial charge in [-0.25, -0.2) is 0 Å². The number of carbonyl (C=O) groups excluding carboxylic acids is 1. The van der Waals surface area contributed by atoms with Crippen molar-refractivity contribution < 1.29 is 4.79 Å². The lowest BCUT2D eigenvalue weighted by molar-refractivity contribution is -0.131. The molecule has 0 amide bonds. The molecule has 1 aliphatic carbocycles. The zero-order chi connectivity index (χ0) is 5.56. The van der Waals surface area contributed by atoms with Crippen LogP contribution in [0.15, 0.2) is 0 Å². The minimum Gasteiger partial charge on any atom is -0.316 e. The van der Waals surface area contributed by atoms with Crippen molar-refractivity contribution in [3.63, 3.8) is 0 Å². The molecule has 1 heterocycles. The first kappa shape index (κ1) is 4.50. The molecule has 0 radical (unpaired) electrons. The van der Waals surface area contributed by atoms with Crippen molar-refractivity contribution >= 4 is 5.78 Å². The molecule has 1 N–H and O–H groups in total. The molecule has 2 rings (SSSR count). The van der Waals surface area contributed by atoms with E-state index >= 15 is 0 Å². The smallest absolute Gasteiger partial charge is 0.137 e. The number of nitrogens with one attached hydrogen (secondary N) is 1. The summed E-state index contributed by atoms with van der Waals surface area (Å²) in [5.74, 6) is 1.59.